The number of aliphatic hydroxyl groups excluding tert-OH is 1. The molecule has 26 heavy (non-hydrogen) atoms. The van der Waals surface area contributed by atoms with Gasteiger partial charge in [0.05, 0.1) is 23.6 Å². The fraction of sp³-hybridized carbons (Fsp3) is 0.474. The van der Waals surface area contributed by atoms with Crippen LogP contribution in [0.3, 0.4) is 0 Å². The molecule has 0 amide bonds. The van der Waals surface area contributed by atoms with E-state index in [1.807, 2.05) is 24.3 Å². The van der Waals surface area contributed by atoms with Gasteiger partial charge in [0.15, 0.2) is 11.2 Å². The third-order valence-corrected chi connectivity index (χ3v) is 5.05. The van der Waals surface area contributed by atoms with Gasteiger partial charge in [-0.15, -0.1) is 5.10 Å². The maximum Gasteiger partial charge on any atom is 0.187 e. The second-order valence-corrected chi connectivity index (χ2v) is 7.64. The number of benzene rings is 1. The Morgan fingerprint density at radius 2 is 1.96 bits per heavy atom. The van der Waals surface area contributed by atoms with E-state index in [1.165, 1.54) is 0 Å². The number of hydrogen-bond acceptors (Lipinski definition) is 6. The Labute approximate surface area is 151 Å². The molecule has 7 heteroatoms. The molecule has 0 spiro atoms. The van der Waals surface area contributed by atoms with Gasteiger partial charge in [0.1, 0.15) is 5.82 Å². The minimum absolute atomic E-state index is 0.190. The van der Waals surface area contributed by atoms with Crippen LogP contribution in [0, 0.1) is 5.92 Å². The molecule has 0 saturated heterocycles. The first-order chi connectivity index (χ1) is 12.4. The van der Waals surface area contributed by atoms with Crippen LogP contribution in [0.5, 0.6) is 0 Å². The van der Waals surface area contributed by atoms with Crippen LogP contribution in [0.25, 0.3) is 16.9 Å². The summed E-state index contributed by atoms with van der Waals surface area (Å²) in [6, 6.07) is 7.56. The molecule has 1 aromatic carbocycles. The Hall–Kier alpha value is -2.38. The standard InChI is InChI=1S/C19H23N5O2/c1-19(2,26)13-4-6-14(7-5-13)24-18-16(22-23-24)11-20-17(21-18)10-12-3-8-15(25)9-12/h4-7,11-12,15,25-26H,3,8-10H2,1-2H3/t12-,15-/m1/s1. The Balaban J connectivity index is 1.64. The van der Waals surface area contributed by atoms with Crippen molar-refractivity contribution >= 4 is 11.2 Å². The van der Waals surface area contributed by atoms with E-state index < -0.39 is 5.60 Å². The van der Waals surface area contributed by atoms with E-state index in [0.29, 0.717) is 17.1 Å². The smallest absolute Gasteiger partial charge is 0.187 e. The van der Waals surface area contributed by atoms with Crippen molar-refractivity contribution in [2.75, 3.05) is 0 Å². The average Bonchev–Trinajstić information content (AvgIpc) is 3.20. The zero-order valence-corrected chi connectivity index (χ0v) is 15.0. The lowest BCUT2D eigenvalue weighted by Crippen LogP contribution is -2.15. The fourth-order valence-electron chi connectivity index (χ4n) is 3.54. The van der Waals surface area contributed by atoms with Gasteiger partial charge in [0.25, 0.3) is 0 Å². The van der Waals surface area contributed by atoms with Crippen LogP contribution in [0.15, 0.2) is 30.5 Å². The van der Waals surface area contributed by atoms with Crippen LogP contribution < -0.4 is 0 Å². The third-order valence-electron chi connectivity index (χ3n) is 5.05. The van der Waals surface area contributed by atoms with E-state index >= 15 is 0 Å². The van der Waals surface area contributed by atoms with E-state index in [1.54, 1.807) is 24.7 Å². The van der Waals surface area contributed by atoms with Gasteiger partial charge in [-0.05, 0) is 56.7 Å². The molecule has 0 unspecified atom stereocenters. The van der Waals surface area contributed by atoms with Crippen molar-refractivity contribution < 1.29 is 10.2 Å². The van der Waals surface area contributed by atoms with Crippen molar-refractivity contribution in [1.29, 1.82) is 0 Å². The normalized spacial score (nSPS) is 20.8. The molecule has 7 nitrogen and oxygen atoms in total. The first-order valence-electron chi connectivity index (χ1n) is 8.99. The predicted octanol–water partition coefficient (Wildman–Crippen LogP) is 2.14. The fourth-order valence-corrected chi connectivity index (χ4v) is 3.54. The van der Waals surface area contributed by atoms with E-state index in [4.69, 9.17) is 0 Å². The lowest BCUT2D eigenvalue weighted by molar-refractivity contribution is 0.0786. The minimum atomic E-state index is -0.885. The zero-order chi connectivity index (χ0) is 18.3. The van der Waals surface area contributed by atoms with E-state index in [9.17, 15) is 10.2 Å². The summed E-state index contributed by atoms with van der Waals surface area (Å²) < 4.78 is 1.69. The highest BCUT2D eigenvalue weighted by atomic mass is 16.3. The summed E-state index contributed by atoms with van der Waals surface area (Å²) in [6.45, 7) is 3.51. The Kier molecular flexibility index (Phi) is 4.20. The predicted molar refractivity (Wildman–Crippen MR) is 96.8 cm³/mol. The number of aliphatic hydroxyl groups is 2. The third kappa shape index (κ3) is 3.32. The van der Waals surface area contributed by atoms with E-state index in [2.05, 4.69) is 20.3 Å². The lowest BCUT2D eigenvalue weighted by atomic mass is 9.98. The summed E-state index contributed by atoms with van der Waals surface area (Å²) in [5.74, 6) is 1.19. The lowest BCUT2D eigenvalue weighted by Gasteiger charge is -2.17. The molecule has 0 aliphatic heterocycles. The van der Waals surface area contributed by atoms with Crippen molar-refractivity contribution in [3.8, 4) is 5.69 Å². The number of nitrogens with zero attached hydrogens (tertiary/aromatic N) is 5. The molecule has 2 N–H and O–H groups in total. The summed E-state index contributed by atoms with van der Waals surface area (Å²) in [4.78, 5) is 9.07. The number of hydrogen-bond donors (Lipinski definition) is 2. The average molecular weight is 353 g/mol. The molecule has 4 rings (SSSR count). The van der Waals surface area contributed by atoms with Crippen LogP contribution in [0.4, 0.5) is 0 Å². The molecule has 2 atom stereocenters. The summed E-state index contributed by atoms with van der Waals surface area (Å²) in [5, 5.41) is 28.2. The SMILES string of the molecule is CC(C)(O)c1ccc(-n2nnc3cnc(C[C@@H]4CC[C@@H](O)C4)nc32)cc1. The Bertz CT molecular complexity index is 914. The molecule has 1 aliphatic carbocycles. The van der Waals surface area contributed by atoms with Gasteiger partial charge >= 0.3 is 0 Å². The topological polar surface area (TPSA) is 97.0 Å². The molecule has 136 valence electrons. The largest absolute Gasteiger partial charge is 0.393 e. The number of rotatable bonds is 4. The summed E-state index contributed by atoms with van der Waals surface area (Å²) in [7, 11) is 0. The monoisotopic (exact) mass is 353 g/mol. The zero-order valence-electron chi connectivity index (χ0n) is 15.0. The summed E-state index contributed by atoms with van der Waals surface area (Å²) in [5.41, 5.74) is 2.10. The molecule has 0 radical (unpaired) electrons. The van der Waals surface area contributed by atoms with E-state index in [-0.39, 0.29) is 6.10 Å². The van der Waals surface area contributed by atoms with Crippen molar-refractivity contribution in [2.24, 2.45) is 5.92 Å². The molecular formula is C19H23N5O2. The number of aromatic nitrogens is 5. The maximum atomic E-state index is 10.1. The first kappa shape index (κ1) is 17.1. The van der Waals surface area contributed by atoms with E-state index in [0.717, 1.165) is 42.8 Å². The van der Waals surface area contributed by atoms with Gasteiger partial charge in [-0.25, -0.2) is 9.97 Å². The van der Waals surface area contributed by atoms with Gasteiger partial charge in [-0.1, -0.05) is 17.3 Å². The van der Waals surface area contributed by atoms with Crippen molar-refractivity contribution in [1.82, 2.24) is 25.0 Å². The molecule has 2 heterocycles. The van der Waals surface area contributed by atoms with Crippen molar-refractivity contribution in [2.45, 2.75) is 51.2 Å². The Morgan fingerprint density at radius 1 is 1.19 bits per heavy atom. The molecular weight excluding hydrogens is 330 g/mol. The van der Waals surface area contributed by atoms with Crippen molar-refractivity contribution in [3.63, 3.8) is 0 Å². The van der Waals surface area contributed by atoms with Gasteiger partial charge in [-0.2, -0.15) is 4.68 Å². The molecule has 2 aromatic heterocycles. The van der Waals surface area contributed by atoms with Crippen LogP contribution in [0.1, 0.15) is 44.5 Å². The molecule has 1 saturated carbocycles. The molecule has 0 bridgehead atoms. The second kappa shape index (κ2) is 6.41. The van der Waals surface area contributed by atoms with Gasteiger partial charge < -0.3 is 10.2 Å². The van der Waals surface area contributed by atoms with Crippen LogP contribution in [0.2, 0.25) is 0 Å². The quantitative estimate of drug-likeness (QED) is 0.746. The van der Waals surface area contributed by atoms with Crippen LogP contribution in [-0.2, 0) is 12.0 Å². The van der Waals surface area contributed by atoms with Crippen LogP contribution >= 0.6 is 0 Å². The molecule has 3 aromatic rings. The maximum absolute atomic E-state index is 10.1. The highest BCUT2D eigenvalue weighted by molar-refractivity contribution is 5.70. The molecule has 1 fully saturated rings. The first-order valence-corrected chi connectivity index (χ1v) is 8.99. The van der Waals surface area contributed by atoms with Crippen LogP contribution in [-0.4, -0.2) is 41.3 Å². The summed E-state index contributed by atoms with van der Waals surface area (Å²) >= 11 is 0. The second-order valence-electron chi connectivity index (χ2n) is 7.64. The molecule has 1 aliphatic rings. The minimum Gasteiger partial charge on any atom is -0.393 e. The van der Waals surface area contributed by atoms with Crippen molar-refractivity contribution in [3.05, 3.63) is 41.9 Å². The van der Waals surface area contributed by atoms with Gasteiger partial charge in [0, 0.05) is 6.42 Å². The van der Waals surface area contributed by atoms with Gasteiger partial charge in [0.2, 0.25) is 0 Å². The van der Waals surface area contributed by atoms with Gasteiger partial charge in [-0.3, -0.25) is 0 Å². The summed E-state index contributed by atoms with van der Waals surface area (Å²) in [6.07, 6.45) is 4.97. The number of fused-ring (bicyclic) bond motifs is 1. The highest BCUT2D eigenvalue weighted by Gasteiger charge is 2.24. The Morgan fingerprint density at radius 3 is 2.62 bits per heavy atom. The highest BCUT2D eigenvalue weighted by Crippen LogP contribution is 2.28.